The topological polar surface area (TPSA) is 106 Å². The number of nitrogens with two attached hydrogens (primary N) is 1. The number of aliphatic hydroxyl groups is 1. The summed E-state index contributed by atoms with van der Waals surface area (Å²) in [5, 5.41) is 13.2. The Bertz CT molecular complexity index is 1320. The number of carbonyl (C=O) groups is 1. The molecule has 0 aliphatic carbocycles. The lowest BCUT2D eigenvalue weighted by Crippen LogP contribution is -2.21. The van der Waals surface area contributed by atoms with Crippen molar-refractivity contribution in [1.82, 2.24) is 14.5 Å². The van der Waals surface area contributed by atoms with Gasteiger partial charge >= 0.3 is 0 Å². The molecule has 2 aromatic carbocycles. The molecule has 4 aromatic rings. The molecule has 158 valence electrons. The van der Waals surface area contributed by atoms with E-state index in [9.17, 15) is 14.3 Å². The molecule has 31 heavy (non-hydrogen) atoms. The van der Waals surface area contributed by atoms with Crippen LogP contribution in [0.4, 0.5) is 20.3 Å². The highest BCUT2D eigenvalue weighted by Gasteiger charge is 2.22. The van der Waals surface area contributed by atoms with E-state index < -0.39 is 23.6 Å². The Morgan fingerprint density at radius 1 is 1.19 bits per heavy atom. The molecule has 2 heterocycles. The first-order chi connectivity index (χ1) is 14.8. The lowest BCUT2D eigenvalue weighted by molar-refractivity contribution is -0.124. The fourth-order valence-corrected chi connectivity index (χ4v) is 3.54. The van der Waals surface area contributed by atoms with Crippen LogP contribution in [0.5, 0.6) is 0 Å². The number of nitrogen functional groups attached to an aromatic ring is 1. The molecule has 0 fully saturated rings. The molecule has 4 N–H and O–H groups in total. The van der Waals surface area contributed by atoms with Crippen LogP contribution in [0.3, 0.4) is 0 Å². The van der Waals surface area contributed by atoms with E-state index in [2.05, 4.69) is 15.3 Å². The molecule has 0 radical (unpaired) electrons. The lowest BCUT2D eigenvalue weighted by Gasteiger charge is -2.15. The van der Waals surface area contributed by atoms with E-state index in [-0.39, 0.29) is 22.6 Å². The first-order valence-electron chi connectivity index (χ1n) is 9.37. The van der Waals surface area contributed by atoms with Crippen molar-refractivity contribution in [2.45, 2.75) is 13.0 Å². The van der Waals surface area contributed by atoms with Gasteiger partial charge in [0.25, 0.3) is 5.91 Å². The number of amides is 1. The number of carbonyl (C=O) groups excluding carboxylic acids is 1. The fourth-order valence-electron chi connectivity index (χ4n) is 3.54. The number of aliphatic hydroxyl groups excluding tert-OH is 1. The number of nitrogens with one attached hydrogen (secondary N) is 1. The van der Waals surface area contributed by atoms with Crippen LogP contribution in [0, 0.1) is 18.6 Å². The van der Waals surface area contributed by atoms with Gasteiger partial charge in [-0.3, -0.25) is 4.79 Å². The predicted molar refractivity (Wildman–Crippen MR) is 113 cm³/mol. The van der Waals surface area contributed by atoms with E-state index in [0.29, 0.717) is 22.2 Å². The molecule has 2 aromatic heterocycles. The van der Waals surface area contributed by atoms with Gasteiger partial charge in [-0.15, -0.1) is 0 Å². The van der Waals surface area contributed by atoms with Crippen LogP contribution in [-0.2, 0) is 11.8 Å². The van der Waals surface area contributed by atoms with E-state index in [1.807, 2.05) is 0 Å². The molecule has 1 atom stereocenters. The molecule has 9 heteroatoms. The van der Waals surface area contributed by atoms with E-state index in [1.54, 1.807) is 30.8 Å². The molecule has 0 aliphatic heterocycles. The molecule has 0 saturated carbocycles. The highest BCUT2D eigenvalue weighted by molar-refractivity contribution is 6.02. The van der Waals surface area contributed by atoms with Crippen molar-refractivity contribution >= 4 is 28.4 Å². The van der Waals surface area contributed by atoms with Crippen LogP contribution >= 0.6 is 0 Å². The Morgan fingerprint density at radius 3 is 2.71 bits per heavy atom. The van der Waals surface area contributed by atoms with E-state index in [4.69, 9.17) is 5.73 Å². The van der Waals surface area contributed by atoms with Gasteiger partial charge in [0.2, 0.25) is 0 Å². The van der Waals surface area contributed by atoms with Crippen LogP contribution in [-0.4, -0.2) is 25.5 Å². The van der Waals surface area contributed by atoms with Gasteiger partial charge in [-0.25, -0.2) is 18.7 Å². The summed E-state index contributed by atoms with van der Waals surface area (Å²) in [6.07, 6.45) is 1.49. The Kier molecular flexibility index (Phi) is 5.12. The Balaban J connectivity index is 1.68. The molecular formula is C22H19F2N5O2. The zero-order valence-corrected chi connectivity index (χ0v) is 16.7. The molecule has 0 aliphatic rings. The zero-order chi connectivity index (χ0) is 22.3. The smallest absolute Gasteiger partial charge is 0.257 e. The standard InChI is InChI=1S/C22H19F2N5O2/c1-11-14(15-9-29(2)21-17(15)20(25)26-10-27-21)6-7-16(18(11)24)28-22(31)19(30)12-4-3-5-13(23)8-12/h3-10,19,30H,1-2H3,(H,28,31)(H2,25,26,27). The molecule has 1 amide bonds. The maximum absolute atomic E-state index is 15.1. The summed E-state index contributed by atoms with van der Waals surface area (Å²) in [6.45, 7) is 1.57. The largest absolute Gasteiger partial charge is 0.383 e. The second kappa shape index (κ2) is 7.77. The van der Waals surface area contributed by atoms with E-state index in [0.717, 1.165) is 6.07 Å². The number of rotatable bonds is 4. The normalized spacial score (nSPS) is 12.2. The average molecular weight is 423 g/mol. The van der Waals surface area contributed by atoms with Crippen LogP contribution in [0.2, 0.25) is 0 Å². The zero-order valence-electron chi connectivity index (χ0n) is 16.7. The van der Waals surface area contributed by atoms with Crippen molar-refractivity contribution in [3.05, 3.63) is 71.7 Å². The molecular weight excluding hydrogens is 404 g/mol. The summed E-state index contributed by atoms with van der Waals surface area (Å²) in [5.74, 6) is -1.85. The highest BCUT2D eigenvalue weighted by Crippen LogP contribution is 2.36. The highest BCUT2D eigenvalue weighted by atomic mass is 19.1. The molecule has 7 nitrogen and oxygen atoms in total. The van der Waals surface area contributed by atoms with Gasteiger partial charge in [-0.05, 0) is 41.8 Å². The number of aryl methyl sites for hydroxylation is 1. The molecule has 4 rings (SSSR count). The number of benzene rings is 2. The fraction of sp³-hybridized carbons (Fsp3) is 0.136. The minimum Gasteiger partial charge on any atom is -0.383 e. The number of nitrogens with zero attached hydrogens (tertiary/aromatic N) is 3. The first kappa shape index (κ1) is 20.4. The summed E-state index contributed by atoms with van der Waals surface area (Å²) < 4.78 is 30.2. The van der Waals surface area contributed by atoms with Gasteiger partial charge in [-0.2, -0.15) is 0 Å². The van der Waals surface area contributed by atoms with Gasteiger partial charge in [0, 0.05) is 18.8 Å². The molecule has 0 spiro atoms. The Morgan fingerprint density at radius 2 is 1.97 bits per heavy atom. The third kappa shape index (κ3) is 3.59. The summed E-state index contributed by atoms with van der Waals surface area (Å²) in [5.41, 5.74) is 8.08. The van der Waals surface area contributed by atoms with Gasteiger partial charge in [0.05, 0.1) is 11.1 Å². The monoisotopic (exact) mass is 423 g/mol. The lowest BCUT2D eigenvalue weighted by atomic mass is 9.99. The minimum atomic E-state index is -1.65. The number of halogens is 2. The maximum Gasteiger partial charge on any atom is 0.257 e. The van der Waals surface area contributed by atoms with Gasteiger partial charge in [0.15, 0.2) is 6.10 Å². The van der Waals surface area contributed by atoms with Crippen molar-refractivity contribution in [2.75, 3.05) is 11.1 Å². The van der Waals surface area contributed by atoms with Crippen LogP contribution in [0.15, 0.2) is 48.9 Å². The number of fused-ring (bicyclic) bond motifs is 1. The van der Waals surface area contributed by atoms with Crippen LogP contribution in [0.1, 0.15) is 17.2 Å². The van der Waals surface area contributed by atoms with Gasteiger partial charge < -0.3 is 20.7 Å². The predicted octanol–water partition coefficient (Wildman–Crippen LogP) is 3.48. The minimum absolute atomic E-state index is 0.0671. The maximum atomic E-state index is 15.1. The van der Waals surface area contributed by atoms with E-state index in [1.165, 1.54) is 30.6 Å². The number of hydrogen-bond acceptors (Lipinski definition) is 5. The number of anilines is 2. The van der Waals surface area contributed by atoms with Crippen molar-refractivity contribution in [3.8, 4) is 11.1 Å². The second-order valence-corrected chi connectivity index (χ2v) is 7.16. The Labute approximate surface area is 176 Å². The van der Waals surface area contributed by atoms with Crippen molar-refractivity contribution in [3.63, 3.8) is 0 Å². The first-order valence-corrected chi connectivity index (χ1v) is 9.37. The Hall–Kier alpha value is -3.85. The summed E-state index contributed by atoms with van der Waals surface area (Å²) >= 11 is 0. The summed E-state index contributed by atoms with van der Waals surface area (Å²) in [6, 6.07) is 8.06. The average Bonchev–Trinajstić information content (AvgIpc) is 3.08. The molecule has 0 saturated heterocycles. The quantitative estimate of drug-likeness (QED) is 0.466. The van der Waals surface area contributed by atoms with Crippen LogP contribution < -0.4 is 11.1 Å². The summed E-state index contributed by atoms with van der Waals surface area (Å²) in [4.78, 5) is 20.6. The van der Waals surface area contributed by atoms with Gasteiger partial charge in [0.1, 0.15) is 29.4 Å². The second-order valence-electron chi connectivity index (χ2n) is 7.16. The number of hydrogen-bond donors (Lipinski definition) is 3. The third-order valence-electron chi connectivity index (χ3n) is 5.13. The molecule has 0 bridgehead atoms. The van der Waals surface area contributed by atoms with Crippen molar-refractivity contribution in [1.29, 1.82) is 0 Å². The number of aromatic nitrogens is 3. The molecule has 1 unspecified atom stereocenters. The van der Waals surface area contributed by atoms with Crippen LogP contribution in [0.25, 0.3) is 22.2 Å². The summed E-state index contributed by atoms with van der Waals surface area (Å²) in [7, 11) is 1.80. The van der Waals surface area contributed by atoms with Crippen molar-refractivity contribution in [2.24, 2.45) is 7.05 Å². The van der Waals surface area contributed by atoms with Crippen molar-refractivity contribution < 1.29 is 18.7 Å². The van der Waals surface area contributed by atoms with E-state index >= 15 is 4.39 Å². The van der Waals surface area contributed by atoms with Gasteiger partial charge in [-0.1, -0.05) is 18.2 Å². The SMILES string of the molecule is Cc1c(-c2cn(C)c3ncnc(N)c23)ccc(NC(=O)C(O)c2cccc(F)c2)c1F. The third-order valence-corrected chi connectivity index (χ3v) is 5.13.